The highest BCUT2D eigenvalue weighted by molar-refractivity contribution is 7.16. The highest BCUT2D eigenvalue weighted by Crippen LogP contribution is 2.41. The smallest absolute Gasteiger partial charge is 0.340 e. The molecule has 0 bridgehead atoms. The first-order valence-electron chi connectivity index (χ1n) is 7.73. The third kappa shape index (κ3) is 3.87. The van der Waals surface area contributed by atoms with Gasteiger partial charge in [-0.15, -0.1) is 11.3 Å². The summed E-state index contributed by atoms with van der Waals surface area (Å²) in [4.78, 5) is 24.9. The summed E-state index contributed by atoms with van der Waals surface area (Å²) in [5.74, 6) is -0.794. The molecule has 2 aromatic rings. The Bertz CT molecular complexity index is 812. The molecular formula is C16H17F2N3O3S. The van der Waals surface area contributed by atoms with Gasteiger partial charge in [0.1, 0.15) is 17.2 Å². The number of nitrogens with one attached hydrogen (secondary N) is 1. The second-order valence-corrected chi connectivity index (χ2v) is 7.12. The van der Waals surface area contributed by atoms with Crippen LogP contribution in [0.4, 0.5) is 13.8 Å². The quantitative estimate of drug-likeness (QED) is 0.791. The van der Waals surface area contributed by atoms with E-state index in [1.807, 2.05) is 0 Å². The number of anilines is 1. The van der Waals surface area contributed by atoms with Gasteiger partial charge in [-0.05, 0) is 31.9 Å². The minimum atomic E-state index is -2.67. The Balaban J connectivity index is 1.76. The molecule has 2 aromatic heterocycles. The van der Waals surface area contributed by atoms with Gasteiger partial charge in [0.05, 0.1) is 12.7 Å². The lowest BCUT2D eigenvalue weighted by atomic mass is 10.2. The average molecular weight is 369 g/mol. The van der Waals surface area contributed by atoms with E-state index in [1.165, 1.54) is 29.2 Å². The molecule has 1 N–H and O–H groups in total. The second kappa shape index (κ2) is 6.91. The Morgan fingerprint density at radius 3 is 2.76 bits per heavy atom. The second-order valence-electron chi connectivity index (χ2n) is 5.87. The summed E-state index contributed by atoms with van der Waals surface area (Å²) in [6.07, 6.45) is -0.855. The predicted octanol–water partition coefficient (Wildman–Crippen LogP) is 3.49. The molecule has 1 saturated carbocycles. The van der Waals surface area contributed by atoms with Crippen LogP contribution in [-0.2, 0) is 16.1 Å². The minimum Gasteiger partial charge on any atom is -0.465 e. The van der Waals surface area contributed by atoms with Crippen LogP contribution < -0.4 is 5.32 Å². The Morgan fingerprint density at radius 1 is 1.44 bits per heavy atom. The molecule has 2 heterocycles. The highest BCUT2D eigenvalue weighted by Gasteiger charge is 2.30. The fraction of sp³-hybridized carbons (Fsp3) is 0.438. The number of thiophene rings is 1. The number of hydrogen-bond donors (Lipinski definition) is 1. The van der Waals surface area contributed by atoms with E-state index in [1.54, 1.807) is 13.0 Å². The van der Waals surface area contributed by atoms with Crippen LogP contribution in [0.15, 0.2) is 12.1 Å². The van der Waals surface area contributed by atoms with Gasteiger partial charge in [0, 0.05) is 16.5 Å². The van der Waals surface area contributed by atoms with Gasteiger partial charge >= 0.3 is 5.97 Å². The molecule has 0 atom stereocenters. The van der Waals surface area contributed by atoms with Crippen molar-refractivity contribution < 1.29 is 23.1 Å². The maximum Gasteiger partial charge on any atom is 0.340 e. The van der Waals surface area contributed by atoms with Gasteiger partial charge in [-0.25, -0.2) is 13.6 Å². The summed E-state index contributed by atoms with van der Waals surface area (Å²) in [6, 6.07) is 3.00. The number of halogens is 2. The largest absolute Gasteiger partial charge is 0.465 e. The summed E-state index contributed by atoms with van der Waals surface area (Å²) >= 11 is 1.25. The van der Waals surface area contributed by atoms with E-state index >= 15 is 0 Å². The van der Waals surface area contributed by atoms with E-state index in [2.05, 4.69) is 10.4 Å². The van der Waals surface area contributed by atoms with E-state index in [0.717, 1.165) is 17.7 Å². The van der Waals surface area contributed by atoms with Crippen molar-refractivity contribution in [3.63, 3.8) is 0 Å². The van der Waals surface area contributed by atoms with Gasteiger partial charge < -0.3 is 10.1 Å². The molecule has 1 amide bonds. The molecule has 1 aliphatic rings. The molecule has 0 aromatic carbocycles. The molecule has 25 heavy (non-hydrogen) atoms. The number of aromatic nitrogens is 2. The number of carbonyl (C=O) groups excluding carboxylic acids is 2. The molecule has 6 nitrogen and oxygen atoms in total. The number of ether oxygens (including phenoxy) is 1. The lowest BCUT2D eigenvalue weighted by Gasteiger charge is -2.08. The first-order valence-corrected chi connectivity index (χ1v) is 8.55. The maximum atomic E-state index is 12.9. The number of aryl methyl sites for hydroxylation is 1. The maximum absolute atomic E-state index is 12.9. The van der Waals surface area contributed by atoms with E-state index in [4.69, 9.17) is 4.74 Å². The third-order valence-corrected chi connectivity index (χ3v) is 4.82. The lowest BCUT2D eigenvalue weighted by molar-refractivity contribution is -0.116. The number of methoxy groups -OCH3 is 1. The van der Waals surface area contributed by atoms with Crippen molar-refractivity contribution in [1.29, 1.82) is 0 Å². The average Bonchev–Trinajstić information content (AvgIpc) is 3.21. The molecule has 3 rings (SSSR count). The zero-order valence-corrected chi connectivity index (χ0v) is 14.5. The normalized spacial score (nSPS) is 14.0. The van der Waals surface area contributed by atoms with Crippen molar-refractivity contribution in [3.8, 4) is 0 Å². The minimum absolute atomic E-state index is 0.183. The van der Waals surface area contributed by atoms with Crippen LogP contribution >= 0.6 is 11.3 Å². The standard InChI is InChI=1S/C16H17F2N3O3S/c1-8-5-10(16(23)24-2)15(25-8)19-13(22)7-21-12(9-3-4-9)6-11(20-21)14(17)18/h5-6,9,14H,3-4,7H2,1-2H3,(H,19,22). The molecule has 0 aliphatic heterocycles. The Morgan fingerprint density at radius 2 is 2.16 bits per heavy atom. The van der Waals surface area contributed by atoms with Crippen molar-refractivity contribution in [1.82, 2.24) is 9.78 Å². The molecule has 1 fully saturated rings. The summed E-state index contributed by atoms with van der Waals surface area (Å²) in [6.45, 7) is 1.62. The van der Waals surface area contributed by atoms with Crippen LogP contribution in [0, 0.1) is 6.92 Å². The van der Waals surface area contributed by atoms with Gasteiger partial charge in [0.25, 0.3) is 6.43 Å². The Labute approximate surface area is 146 Å². The van der Waals surface area contributed by atoms with Crippen LogP contribution in [-0.4, -0.2) is 28.8 Å². The van der Waals surface area contributed by atoms with Gasteiger partial charge in [-0.1, -0.05) is 0 Å². The summed E-state index contributed by atoms with van der Waals surface area (Å²) in [5, 5.41) is 6.88. The highest BCUT2D eigenvalue weighted by atomic mass is 32.1. The first-order chi connectivity index (χ1) is 11.9. The van der Waals surface area contributed by atoms with E-state index in [0.29, 0.717) is 10.7 Å². The molecule has 1 aliphatic carbocycles. The van der Waals surface area contributed by atoms with Crippen molar-refractivity contribution in [3.05, 3.63) is 34.0 Å². The van der Waals surface area contributed by atoms with Crippen molar-refractivity contribution >= 4 is 28.2 Å². The molecular weight excluding hydrogens is 352 g/mol. The van der Waals surface area contributed by atoms with E-state index in [9.17, 15) is 18.4 Å². The number of nitrogens with zero attached hydrogens (tertiary/aromatic N) is 2. The summed E-state index contributed by atoms with van der Waals surface area (Å²) < 4.78 is 31.8. The topological polar surface area (TPSA) is 73.2 Å². The first kappa shape index (κ1) is 17.5. The molecule has 0 unspecified atom stereocenters. The van der Waals surface area contributed by atoms with Crippen LogP contribution in [0.3, 0.4) is 0 Å². The SMILES string of the molecule is COC(=O)c1cc(C)sc1NC(=O)Cn1nc(C(F)F)cc1C1CC1. The zero-order chi connectivity index (χ0) is 18.1. The zero-order valence-electron chi connectivity index (χ0n) is 13.7. The van der Waals surface area contributed by atoms with Gasteiger partial charge in [0.2, 0.25) is 5.91 Å². The van der Waals surface area contributed by atoms with Crippen molar-refractivity contribution in [2.45, 2.75) is 38.7 Å². The van der Waals surface area contributed by atoms with Gasteiger partial charge in [-0.2, -0.15) is 5.10 Å². The number of rotatable bonds is 6. The monoisotopic (exact) mass is 369 g/mol. The number of carbonyl (C=O) groups is 2. The van der Waals surface area contributed by atoms with E-state index in [-0.39, 0.29) is 23.7 Å². The molecule has 0 radical (unpaired) electrons. The van der Waals surface area contributed by atoms with Crippen molar-refractivity contribution in [2.75, 3.05) is 12.4 Å². The molecule has 134 valence electrons. The van der Waals surface area contributed by atoms with Gasteiger partial charge in [0.15, 0.2) is 0 Å². The molecule has 0 saturated heterocycles. The third-order valence-electron chi connectivity index (χ3n) is 3.86. The van der Waals surface area contributed by atoms with Crippen LogP contribution in [0.1, 0.15) is 51.8 Å². The number of amides is 1. The summed E-state index contributed by atoms with van der Waals surface area (Å²) in [7, 11) is 1.26. The van der Waals surface area contributed by atoms with Crippen LogP contribution in [0.25, 0.3) is 0 Å². The van der Waals surface area contributed by atoms with Crippen molar-refractivity contribution in [2.24, 2.45) is 0 Å². The lowest BCUT2D eigenvalue weighted by Crippen LogP contribution is -2.21. The number of alkyl halides is 2. The fourth-order valence-electron chi connectivity index (χ4n) is 2.56. The predicted molar refractivity (Wildman–Crippen MR) is 88.2 cm³/mol. The summed E-state index contributed by atoms with van der Waals surface area (Å²) in [5.41, 5.74) is 0.604. The van der Waals surface area contributed by atoms with Gasteiger partial charge in [-0.3, -0.25) is 9.48 Å². The fourth-order valence-corrected chi connectivity index (χ4v) is 3.48. The Kier molecular flexibility index (Phi) is 4.85. The Hall–Kier alpha value is -2.29. The van der Waals surface area contributed by atoms with Crippen LogP contribution in [0.2, 0.25) is 0 Å². The molecule has 0 spiro atoms. The van der Waals surface area contributed by atoms with Crippen LogP contribution in [0.5, 0.6) is 0 Å². The van der Waals surface area contributed by atoms with E-state index < -0.39 is 18.3 Å². The number of esters is 1. The number of hydrogen-bond acceptors (Lipinski definition) is 5. The molecule has 9 heteroatoms.